The SMILES string of the molecule is CCCSc1nnc(-c2ccccc2)c(=O)n1N. The number of benzene rings is 1. The van der Waals surface area contributed by atoms with E-state index < -0.39 is 0 Å². The molecule has 0 aliphatic heterocycles. The third-order valence-corrected chi connectivity index (χ3v) is 3.49. The van der Waals surface area contributed by atoms with Crippen molar-refractivity contribution in [3.63, 3.8) is 0 Å². The number of hydrogen-bond donors (Lipinski definition) is 1. The van der Waals surface area contributed by atoms with Gasteiger partial charge in [-0.25, -0.2) is 0 Å². The lowest BCUT2D eigenvalue weighted by atomic mass is 10.2. The van der Waals surface area contributed by atoms with Crippen LogP contribution in [0.1, 0.15) is 13.3 Å². The van der Waals surface area contributed by atoms with Gasteiger partial charge < -0.3 is 5.84 Å². The lowest BCUT2D eigenvalue weighted by molar-refractivity contribution is 0.703. The molecule has 94 valence electrons. The number of thioether (sulfide) groups is 1. The van der Waals surface area contributed by atoms with Crippen LogP contribution < -0.4 is 11.4 Å². The summed E-state index contributed by atoms with van der Waals surface area (Å²) in [4.78, 5) is 12.1. The van der Waals surface area contributed by atoms with Crippen molar-refractivity contribution >= 4 is 11.8 Å². The summed E-state index contributed by atoms with van der Waals surface area (Å²) in [7, 11) is 0. The summed E-state index contributed by atoms with van der Waals surface area (Å²) < 4.78 is 1.07. The van der Waals surface area contributed by atoms with Crippen LogP contribution >= 0.6 is 11.8 Å². The van der Waals surface area contributed by atoms with Gasteiger partial charge in [0.1, 0.15) is 0 Å². The normalized spacial score (nSPS) is 10.5. The van der Waals surface area contributed by atoms with Gasteiger partial charge >= 0.3 is 0 Å². The lowest BCUT2D eigenvalue weighted by Crippen LogP contribution is -2.32. The molecular weight excluding hydrogens is 248 g/mol. The van der Waals surface area contributed by atoms with E-state index in [1.54, 1.807) is 0 Å². The highest BCUT2D eigenvalue weighted by molar-refractivity contribution is 7.99. The number of aromatic nitrogens is 3. The van der Waals surface area contributed by atoms with Crippen molar-refractivity contribution in [2.24, 2.45) is 0 Å². The van der Waals surface area contributed by atoms with Crippen LogP contribution in [0.4, 0.5) is 0 Å². The number of nitrogens with two attached hydrogens (primary N) is 1. The van der Waals surface area contributed by atoms with E-state index in [2.05, 4.69) is 17.1 Å². The van der Waals surface area contributed by atoms with Crippen LogP contribution in [-0.4, -0.2) is 20.6 Å². The average Bonchev–Trinajstić information content (AvgIpc) is 2.41. The molecule has 0 amide bonds. The molecule has 0 bridgehead atoms. The zero-order valence-electron chi connectivity index (χ0n) is 10.0. The quantitative estimate of drug-likeness (QED) is 0.668. The molecule has 1 aromatic heterocycles. The van der Waals surface area contributed by atoms with Gasteiger partial charge in [0.15, 0.2) is 5.69 Å². The van der Waals surface area contributed by atoms with Crippen LogP contribution in [0.5, 0.6) is 0 Å². The minimum absolute atomic E-state index is 0.277. The van der Waals surface area contributed by atoms with Crippen molar-refractivity contribution in [2.75, 3.05) is 11.6 Å². The molecule has 18 heavy (non-hydrogen) atoms. The molecule has 5 nitrogen and oxygen atoms in total. The predicted molar refractivity (Wildman–Crippen MR) is 72.9 cm³/mol. The van der Waals surface area contributed by atoms with Crippen molar-refractivity contribution in [3.05, 3.63) is 40.7 Å². The fourth-order valence-corrected chi connectivity index (χ4v) is 2.16. The van der Waals surface area contributed by atoms with Gasteiger partial charge in [0, 0.05) is 11.3 Å². The maximum atomic E-state index is 12.1. The second kappa shape index (κ2) is 5.68. The number of nitrogen functional groups attached to an aromatic ring is 1. The van der Waals surface area contributed by atoms with E-state index >= 15 is 0 Å². The van der Waals surface area contributed by atoms with Gasteiger partial charge in [-0.05, 0) is 6.42 Å². The Hall–Kier alpha value is -1.82. The molecule has 6 heteroatoms. The maximum absolute atomic E-state index is 12.1. The topological polar surface area (TPSA) is 73.8 Å². The molecule has 0 unspecified atom stereocenters. The maximum Gasteiger partial charge on any atom is 0.299 e. The second-order valence-corrected chi connectivity index (χ2v) is 4.78. The zero-order chi connectivity index (χ0) is 13.0. The van der Waals surface area contributed by atoms with Crippen LogP contribution in [-0.2, 0) is 0 Å². The molecule has 0 atom stereocenters. The molecule has 1 aromatic carbocycles. The fraction of sp³-hybridized carbons (Fsp3) is 0.250. The van der Waals surface area contributed by atoms with Gasteiger partial charge in [-0.1, -0.05) is 49.0 Å². The zero-order valence-corrected chi connectivity index (χ0v) is 10.9. The van der Waals surface area contributed by atoms with Gasteiger partial charge in [-0.15, -0.1) is 10.2 Å². The van der Waals surface area contributed by atoms with E-state index in [1.165, 1.54) is 11.8 Å². The Morgan fingerprint density at radius 2 is 2.00 bits per heavy atom. The Morgan fingerprint density at radius 1 is 1.28 bits per heavy atom. The molecule has 0 radical (unpaired) electrons. The van der Waals surface area contributed by atoms with E-state index in [0.717, 1.165) is 22.4 Å². The minimum Gasteiger partial charge on any atom is -0.334 e. The van der Waals surface area contributed by atoms with Crippen molar-refractivity contribution in [3.8, 4) is 11.3 Å². The Labute approximate surface area is 109 Å². The molecule has 0 saturated heterocycles. The summed E-state index contributed by atoms with van der Waals surface area (Å²) >= 11 is 1.43. The summed E-state index contributed by atoms with van der Waals surface area (Å²) in [5.41, 5.74) is 0.676. The van der Waals surface area contributed by atoms with E-state index in [4.69, 9.17) is 5.84 Å². The third-order valence-electron chi connectivity index (χ3n) is 2.35. The number of rotatable bonds is 4. The standard InChI is InChI=1S/C12H14N4OS/c1-2-8-18-12-15-14-10(11(17)16(12)13)9-6-4-3-5-7-9/h3-7H,2,8,13H2,1H3. The van der Waals surface area contributed by atoms with E-state index in [1.807, 2.05) is 30.3 Å². The lowest BCUT2D eigenvalue weighted by Gasteiger charge is -2.06. The molecule has 2 aromatic rings. The highest BCUT2D eigenvalue weighted by Gasteiger charge is 2.11. The second-order valence-electron chi connectivity index (χ2n) is 3.72. The van der Waals surface area contributed by atoms with Crippen molar-refractivity contribution in [1.29, 1.82) is 0 Å². The molecule has 0 aliphatic carbocycles. The first-order valence-corrected chi connectivity index (χ1v) is 6.65. The van der Waals surface area contributed by atoms with Crippen molar-refractivity contribution in [2.45, 2.75) is 18.5 Å². The summed E-state index contributed by atoms with van der Waals surface area (Å²) in [6, 6.07) is 9.19. The van der Waals surface area contributed by atoms with Gasteiger partial charge in [0.2, 0.25) is 5.16 Å². The van der Waals surface area contributed by atoms with Crippen molar-refractivity contribution < 1.29 is 0 Å². The van der Waals surface area contributed by atoms with Crippen LogP contribution in [0.25, 0.3) is 11.3 Å². The van der Waals surface area contributed by atoms with Crippen LogP contribution in [0.15, 0.2) is 40.3 Å². The Morgan fingerprint density at radius 3 is 2.67 bits per heavy atom. The van der Waals surface area contributed by atoms with Crippen molar-refractivity contribution in [1.82, 2.24) is 14.9 Å². The fourth-order valence-electron chi connectivity index (χ4n) is 1.45. The molecule has 1 heterocycles. The van der Waals surface area contributed by atoms with Crippen LogP contribution in [0.3, 0.4) is 0 Å². The summed E-state index contributed by atoms with van der Waals surface area (Å²) in [6.45, 7) is 2.05. The molecule has 0 fully saturated rings. The Bertz CT molecular complexity index is 582. The van der Waals surface area contributed by atoms with E-state index in [0.29, 0.717) is 5.16 Å². The molecule has 2 rings (SSSR count). The molecular formula is C12H14N4OS. The first-order chi connectivity index (χ1) is 8.74. The Kier molecular flexibility index (Phi) is 3.99. The number of hydrogen-bond acceptors (Lipinski definition) is 5. The smallest absolute Gasteiger partial charge is 0.299 e. The third kappa shape index (κ3) is 2.53. The monoisotopic (exact) mass is 262 g/mol. The van der Waals surface area contributed by atoms with Gasteiger partial charge in [-0.3, -0.25) is 4.79 Å². The Balaban J connectivity index is 2.41. The molecule has 0 spiro atoms. The molecule has 0 saturated carbocycles. The van der Waals surface area contributed by atoms with E-state index in [9.17, 15) is 4.79 Å². The molecule has 0 aliphatic rings. The first-order valence-electron chi connectivity index (χ1n) is 5.67. The van der Waals surface area contributed by atoms with Crippen LogP contribution in [0, 0.1) is 0 Å². The highest BCUT2D eigenvalue weighted by atomic mass is 32.2. The largest absolute Gasteiger partial charge is 0.334 e. The first kappa shape index (κ1) is 12.6. The van der Waals surface area contributed by atoms with E-state index in [-0.39, 0.29) is 11.3 Å². The molecule has 2 N–H and O–H groups in total. The van der Waals surface area contributed by atoms with Gasteiger partial charge in [0.25, 0.3) is 5.56 Å². The summed E-state index contributed by atoms with van der Waals surface area (Å²) in [5.74, 6) is 6.60. The van der Waals surface area contributed by atoms with Gasteiger partial charge in [-0.2, -0.15) is 4.68 Å². The minimum atomic E-state index is -0.324. The summed E-state index contributed by atoms with van der Waals surface area (Å²) in [5, 5.41) is 8.43. The predicted octanol–water partition coefficient (Wildman–Crippen LogP) is 1.52. The van der Waals surface area contributed by atoms with Crippen LogP contribution in [0.2, 0.25) is 0 Å². The average molecular weight is 262 g/mol. The number of nitrogens with zero attached hydrogens (tertiary/aromatic N) is 3. The van der Waals surface area contributed by atoms with Gasteiger partial charge in [0.05, 0.1) is 0 Å². The highest BCUT2D eigenvalue weighted by Crippen LogP contribution is 2.15. The summed E-state index contributed by atoms with van der Waals surface area (Å²) in [6.07, 6.45) is 0.987.